The molecule has 0 spiro atoms. The lowest BCUT2D eigenvalue weighted by atomic mass is 9.80. The number of carbonyl (C=O) groups is 1. The van der Waals surface area contributed by atoms with Gasteiger partial charge in [0.15, 0.2) is 13.9 Å². The molecule has 0 unspecified atom stereocenters. The van der Waals surface area contributed by atoms with E-state index in [9.17, 15) is 26.7 Å². The van der Waals surface area contributed by atoms with Crippen LogP contribution in [0.25, 0.3) is 0 Å². The third-order valence-electron chi connectivity index (χ3n) is 3.78. The predicted molar refractivity (Wildman–Crippen MR) is 94.1 cm³/mol. The van der Waals surface area contributed by atoms with Crippen molar-refractivity contribution in [3.63, 3.8) is 0 Å². The van der Waals surface area contributed by atoms with E-state index in [2.05, 4.69) is 0 Å². The van der Waals surface area contributed by atoms with Crippen LogP contribution in [0.3, 0.4) is 0 Å². The first-order chi connectivity index (χ1) is 12.3. The van der Waals surface area contributed by atoms with Crippen LogP contribution in [0, 0.1) is 0 Å². The van der Waals surface area contributed by atoms with Gasteiger partial charge in [-0.2, -0.15) is 22.0 Å². The molecule has 0 atom stereocenters. The van der Waals surface area contributed by atoms with Crippen molar-refractivity contribution in [2.75, 3.05) is 0 Å². The number of halogens is 5. The van der Waals surface area contributed by atoms with Crippen LogP contribution in [0.15, 0.2) is 60.7 Å². The number of alkyl halides is 5. The lowest BCUT2D eigenvalue weighted by Gasteiger charge is -2.40. The van der Waals surface area contributed by atoms with E-state index in [-0.39, 0.29) is 11.1 Å². The highest BCUT2D eigenvalue weighted by atomic mass is 28.4. The van der Waals surface area contributed by atoms with Gasteiger partial charge in [0.25, 0.3) is 5.78 Å². The van der Waals surface area contributed by atoms with E-state index in [1.165, 1.54) is 48.5 Å². The van der Waals surface area contributed by atoms with Crippen LogP contribution in [0.4, 0.5) is 22.0 Å². The minimum Gasteiger partial charge on any atom is -0.398 e. The molecule has 27 heavy (non-hydrogen) atoms. The summed E-state index contributed by atoms with van der Waals surface area (Å²) in [5, 5.41) is 0. The third-order valence-corrected chi connectivity index (χ3v) is 4.70. The van der Waals surface area contributed by atoms with E-state index in [0.717, 1.165) is 0 Å². The number of carbonyl (C=O) groups excluding carboxylic acids is 1. The molecular weight excluding hydrogens is 383 g/mol. The average molecular weight is 402 g/mol. The van der Waals surface area contributed by atoms with Gasteiger partial charge in [-0.05, 0) is 30.8 Å². The molecule has 0 heterocycles. The van der Waals surface area contributed by atoms with Gasteiger partial charge in [0.2, 0.25) is 0 Å². The molecule has 2 aromatic carbocycles. The number of ketones is 1. The van der Waals surface area contributed by atoms with Crippen molar-refractivity contribution in [3.8, 4) is 0 Å². The summed E-state index contributed by atoms with van der Waals surface area (Å²) in [4.78, 5) is 12.8. The molecule has 2 aromatic rings. The quantitative estimate of drug-likeness (QED) is 0.468. The summed E-state index contributed by atoms with van der Waals surface area (Å²) in [6, 6.07) is 14.2. The van der Waals surface area contributed by atoms with E-state index in [4.69, 9.17) is 4.43 Å². The maximum atomic E-state index is 14.2. The molecule has 8 heteroatoms. The van der Waals surface area contributed by atoms with Gasteiger partial charge in [-0.3, -0.25) is 4.79 Å². The van der Waals surface area contributed by atoms with Crippen LogP contribution in [-0.2, 0) is 14.8 Å². The van der Waals surface area contributed by atoms with Crippen LogP contribution < -0.4 is 0 Å². The molecule has 0 aliphatic rings. The first-order valence-corrected chi connectivity index (χ1v) is 11.5. The van der Waals surface area contributed by atoms with Gasteiger partial charge in [-0.15, -0.1) is 0 Å². The monoisotopic (exact) mass is 402 g/mol. The van der Waals surface area contributed by atoms with Crippen LogP contribution >= 0.6 is 0 Å². The Balaban J connectivity index is 2.86. The molecule has 0 fully saturated rings. The molecule has 146 valence electrons. The van der Waals surface area contributed by atoms with E-state index in [1.807, 2.05) is 0 Å². The highest BCUT2D eigenvalue weighted by Crippen LogP contribution is 2.46. The Morgan fingerprint density at radius 2 is 1.15 bits per heavy atom. The first-order valence-electron chi connectivity index (χ1n) is 8.13. The van der Waals surface area contributed by atoms with E-state index < -0.39 is 31.8 Å². The second-order valence-corrected chi connectivity index (χ2v) is 11.5. The highest BCUT2D eigenvalue weighted by Gasteiger charge is 2.69. The van der Waals surface area contributed by atoms with Crippen molar-refractivity contribution in [1.29, 1.82) is 0 Å². The van der Waals surface area contributed by atoms with Crippen molar-refractivity contribution in [3.05, 3.63) is 71.8 Å². The summed E-state index contributed by atoms with van der Waals surface area (Å²) >= 11 is 0. The smallest absolute Gasteiger partial charge is 0.398 e. The van der Waals surface area contributed by atoms with E-state index in [0.29, 0.717) is 0 Å². The number of hydrogen-bond acceptors (Lipinski definition) is 2. The number of rotatable bonds is 6. The van der Waals surface area contributed by atoms with Gasteiger partial charge in [0.1, 0.15) is 0 Å². The topological polar surface area (TPSA) is 26.3 Å². The standard InChI is InChI=1S/C19H19F5O2Si/c1-27(2,3)26-17(14-10-6-4-7-11-14,15-12-8-5-9-13-15)16(25)18(20,21)19(22,23)24/h4-13H,1-3H3. The number of benzene rings is 2. The minimum absolute atomic E-state index is 0.0763. The van der Waals surface area contributed by atoms with Crippen molar-refractivity contribution in [2.24, 2.45) is 0 Å². The summed E-state index contributed by atoms with van der Waals surface area (Å²) in [6.07, 6.45) is -6.04. The maximum Gasteiger partial charge on any atom is 0.461 e. The Labute approximate surface area is 155 Å². The Morgan fingerprint density at radius 3 is 1.44 bits per heavy atom. The summed E-state index contributed by atoms with van der Waals surface area (Å²) in [5.41, 5.74) is -2.73. The van der Waals surface area contributed by atoms with Gasteiger partial charge in [-0.25, -0.2) is 0 Å². The van der Waals surface area contributed by atoms with Gasteiger partial charge in [-0.1, -0.05) is 60.7 Å². The second kappa shape index (κ2) is 7.16. The van der Waals surface area contributed by atoms with E-state index in [1.54, 1.807) is 31.8 Å². The summed E-state index contributed by atoms with van der Waals surface area (Å²) < 4.78 is 73.5. The molecular formula is C19H19F5O2Si. The van der Waals surface area contributed by atoms with Gasteiger partial charge < -0.3 is 4.43 Å². The lowest BCUT2D eigenvalue weighted by molar-refractivity contribution is -0.274. The number of hydrogen-bond donors (Lipinski definition) is 0. The van der Waals surface area contributed by atoms with Crippen molar-refractivity contribution in [2.45, 2.75) is 37.3 Å². The Hall–Kier alpha value is -2.06. The zero-order valence-corrected chi connectivity index (χ0v) is 16.0. The zero-order chi connectivity index (χ0) is 20.5. The van der Waals surface area contributed by atoms with Gasteiger partial charge >= 0.3 is 12.1 Å². The van der Waals surface area contributed by atoms with Crippen LogP contribution in [0.2, 0.25) is 19.6 Å². The Kier molecular flexibility index (Phi) is 5.63. The maximum absolute atomic E-state index is 14.2. The first kappa shape index (κ1) is 21.2. The van der Waals surface area contributed by atoms with Crippen LogP contribution in [0.5, 0.6) is 0 Å². The summed E-state index contributed by atoms with van der Waals surface area (Å²) in [7, 11) is -2.78. The largest absolute Gasteiger partial charge is 0.461 e. The van der Waals surface area contributed by atoms with Crippen LogP contribution in [-0.4, -0.2) is 26.2 Å². The molecule has 0 saturated carbocycles. The van der Waals surface area contributed by atoms with Crippen molar-refractivity contribution < 1.29 is 31.2 Å². The highest BCUT2D eigenvalue weighted by molar-refractivity contribution is 6.70. The minimum atomic E-state index is -6.04. The van der Waals surface area contributed by atoms with Crippen LogP contribution in [0.1, 0.15) is 11.1 Å². The molecule has 2 nitrogen and oxygen atoms in total. The normalized spacial score (nSPS) is 13.5. The molecule has 0 saturated heterocycles. The summed E-state index contributed by atoms with van der Waals surface area (Å²) in [5.74, 6) is -7.93. The van der Waals surface area contributed by atoms with Crippen molar-refractivity contribution in [1.82, 2.24) is 0 Å². The average Bonchev–Trinajstić information content (AvgIpc) is 2.59. The molecule has 0 radical (unpaired) electrons. The number of Topliss-reactive ketones (excluding diaryl/α,β-unsaturated/α-hetero) is 1. The predicted octanol–water partition coefficient (Wildman–Crippen LogP) is 5.55. The SMILES string of the molecule is C[Si](C)(C)OC(C(=O)C(F)(F)C(F)(F)F)(c1ccccc1)c1ccccc1. The second-order valence-electron chi connectivity index (χ2n) is 7.03. The molecule has 0 aliphatic carbocycles. The molecule has 0 aromatic heterocycles. The van der Waals surface area contributed by atoms with Gasteiger partial charge in [0, 0.05) is 0 Å². The van der Waals surface area contributed by atoms with E-state index >= 15 is 0 Å². The molecule has 0 aliphatic heterocycles. The summed E-state index contributed by atoms with van der Waals surface area (Å²) in [6.45, 7) is 4.85. The molecule has 0 N–H and O–H groups in total. The fourth-order valence-corrected chi connectivity index (χ4v) is 3.99. The molecule has 0 bridgehead atoms. The van der Waals surface area contributed by atoms with Gasteiger partial charge in [0.05, 0.1) is 0 Å². The zero-order valence-electron chi connectivity index (χ0n) is 15.0. The lowest BCUT2D eigenvalue weighted by Crippen LogP contribution is -2.58. The molecule has 0 amide bonds. The molecule has 2 rings (SSSR count). The third kappa shape index (κ3) is 4.11. The fraction of sp³-hybridized carbons (Fsp3) is 0.316. The van der Waals surface area contributed by atoms with Crippen molar-refractivity contribution >= 4 is 14.1 Å². The Morgan fingerprint density at radius 1 is 0.778 bits per heavy atom. The Bertz CT molecular complexity index is 744. The fourth-order valence-electron chi connectivity index (χ4n) is 2.75.